The molecule has 2 aromatic rings. The standard InChI is InChI=1S/C9H7ClFN3/c10-9-5(2-1-3-6(9)11)7-4-8(12)14-13-7/h1-4H,(H3,12,13,14). The van der Waals surface area contributed by atoms with Gasteiger partial charge in [0.1, 0.15) is 11.6 Å². The maximum absolute atomic E-state index is 13.1. The number of nitrogen functional groups attached to an aromatic ring is 1. The molecule has 1 aromatic heterocycles. The molecule has 3 nitrogen and oxygen atoms in total. The van der Waals surface area contributed by atoms with E-state index in [0.717, 1.165) is 0 Å². The minimum atomic E-state index is -0.461. The number of H-pyrrole nitrogens is 1. The Morgan fingerprint density at radius 1 is 1.43 bits per heavy atom. The Kier molecular flexibility index (Phi) is 2.13. The zero-order valence-corrected chi connectivity index (χ0v) is 7.85. The maximum atomic E-state index is 13.1. The Balaban J connectivity index is 2.57. The second kappa shape index (κ2) is 3.31. The van der Waals surface area contributed by atoms with Gasteiger partial charge in [0.25, 0.3) is 0 Å². The highest BCUT2D eigenvalue weighted by Crippen LogP contribution is 2.28. The predicted molar refractivity (Wildman–Crippen MR) is 53.4 cm³/mol. The van der Waals surface area contributed by atoms with Crippen LogP contribution in [-0.2, 0) is 0 Å². The lowest BCUT2D eigenvalue weighted by Crippen LogP contribution is -1.83. The molecule has 72 valence electrons. The summed E-state index contributed by atoms with van der Waals surface area (Å²) in [5.41, 5.74) is 6.58. The summed E-state index contributed by atoms with van der Waals surface area (Å²) in [6.07, 6.45) is 0. The van der Waals surface area contributed by atoms with Crippen molar-refractivity contribution in [3.05, 3.63) is 35.1 Å². The van der Waals surface area contributed by atoms with Crippen LogP contribution in [0, 0.1) is 5.82 Å². The summed E-state index contributed by atoms with van der Waals surface area (Å²) >= 11 is 5.77. The third-order valence-electron chi connectivity index (χ3n) is 1.84. The average molecular weight is 212 g/mol. The first-order valence-corrected chi connectivity index (χ1v) is 4.31. The molecule has 14 heavy (non-hydrogen) atoms. The van der Waals surface area contributed by atoms with E-state index in [0.29, 0.717) is 17.1 Å². The first kappa shape index (κ1) is 9.02. The molecule has 0 bridgehead atoms. The van der Waals surface area contributed by atoms with Crippen molar-refractivity contribution in [3.63, 3.8) is 0 Å². The lowest BCUT2D eigenvalue weighted by molar-refractivity contribution is 0.628. The van der Waals surface area contributed by atoms with Gasteiger partial charge >= 0.3 is 0 Å². The number of halogens is 2. The van der Waals surface area contributed by atoms with Crippen molar-refractivity contribution >= 4 is 17.4 Å². The number of nitrogens with zero attached hydrogens (tertiary/aromatic N) is 1. The van der Waals surface area contributed by atoms with Crippen LogP contribution in [0.2, 0.25) is 5.02 Å². The molecule has 1 heterocycles. The highest BCUT2D eigenvalue weighted by Gasteiger charge is 2.09. The molecule has 0 amide bonds. The van der Waals surface area contributed by atoms with Crippen molar-refractivity contribution < 1.29 is 4.39 Å². The van der Waals surface area contributed by atoms with Crippen LogP contribution in [-0.4, -0.2) is 10.2 Å². The van der Waals surface area contributed by atoms with Crippen LogP contribution in [0.1, 0.15) is 0 Å². The molecule has 0 saturated heterocycles. The van der Waals surface area contributed by atoms with Gasteiger partial charge < -0.3 is 5.73 Å². The van der Waals surface area contributed by atoms with Crippen molar-refractivity contribution in [2.45, 2.75) is 0 Å². The van der Waals surface area contributed by atoms with Crippen LogP contribution in [0.3, 0.4) is 0 Å². The first-order valence-electron chi connectivity index (χ1n) is 3.94. The van der Waals surface area contributed by atoms with E-state index in [4.69, 9.17) is 17.3 Å². The first-order chi connectivity index (χ1) is 6.68. The van der Waals surface area contributed by atoms with E-state index in [2.05, 4.69) is 10.2 Å². The number of nitrogens with two attached hydrogens (primary N) is 1. The van der Waals surface area contributed by atoms with Gasteiger partial charge in [0, 0.05) is 11.6 Å². The number of nitrogens with one attached hydrogen (secondary N) is 1. The molecule has 0 radical (unpaired) electrons. The van der Waals surface area contributed by atoms with Crippen LogP contribution in [0.4, 0.5) is 10.2 Å². The quantitative estimate of drug-likeness (QED) is 0.761. The Morgan fingerprint density at radius 2 is 2.21 bits per heavy atom. The zero-order valence-electron chi connectivity index (χ0n) is 7.09. The van der Waals surface area contributed by atoms with Gasteiger partial charge in [-0.25, -0.2) is 4.39 Å². The number of aromatic amines is 1. The average Bonchev–Trinajstić information content (AvgIpc) is 2.57. The molecule has 5 heteroatoms. The minimum absolute atomic E-state index is 0.0659. The number of benzene rings is 1. The van der Waals surface area contributed by atoms with Crippen LogP contribution in [0.25, 0.3) is 11.3 Å². The Morgan fingerprint density at radius 3 is 2.86 bits per heavy atom. The van der Waals surface area contributed by atoms with E-state index in [1.54, 1.807) is 18.2 Å². The Bertz CT molecular complexity index is 467. The SMILES string of the molecule is Nc1cc(-c2cccc(F)c2Cl)[nH]n1. The monoisotopic (exact) mass is 211 g/mol. The third-order valence-corrected chi connectivity index (χ3v) is 2.22. The van der Waals surface area contributed by atoms with Gasteiger partial charge in [-0.2, -0.15) is 5.10 Å². The summed E-state index contributed by atoms with van der Waals surface area (Å²) in [6.45, 7) is 0. The highest BCUT2D eigenvalue weighted by molar-refractivity contribution is 6.33. The van der Waals surface area contributed by atoms with Crippen molar-refractivity contribution in [2.75, 3.05) is 5.73 Å². The van der Waals surface area contributed by atoms with Gasteiger partial charge in [0.15, 0.2) is 0 Å². The summed E-state index contributed by atoms with van der Waals surface area (Å²) in [6, 6.07) is 6.16. The lowest BCUT2D eigenvalue weighted by Gasteiger charge is -2.00. The van der Waals surface area contributed by atoms with Crippen LogP contribution < -0.4 is 5.73 Å². The van der Waals surface area contributed by atoms with Gasteiger partial charge in [-0.15, -0.1) is 0 Å². The predicted octanol–water partition coefficient (Wildman–Crippen LogP) is 2.45. The summed E-state index contributed by atoms with van der Waals surface area (Å²) in [5, 5.41) is 6.47. The molecule has 0 unspecified atom stereocenters. The second-order valence-electron chi connectivity index (χ2n) is 2.81. The largest absolute Gasteiger partial charge is 0.382 e. The second-order valence-corrected chi connectivity index (χ2v) is 3.19. The molecule has 0 spiro atoms. The number of anilines is 1. The topological polar surface area (TPSA) is 54.7 Å². The molecule has 3 N–H and O–H groups in total. The number of hydrogen-bond donors (Lipinski definition) is 2. The third kappa shape index (κ3) is 1.44. The van der Waals surface area contributed by atoms with Gasteiger partial charge in [0.2, 0.25) is 0 Å². The molecule has 0 saturated carbocycles. The van der Waals surface area contributed by atoms with Crippen molar-refractivity contribution in [3.8, 4) is 11.3 Å². The molecule has 0 aliphatic rings. The number of aromatic nitrogens is 2. The van der Waals surface area contributed by atoms with Crippen LogP contribution in [0.5, 0.6) is 0 Å². The van der Waals surface area contributed by atoms with Crippen LogP contribution in [0.15, 0.2) is 24.3 Å². The molecular formula is C9H7ClFN3. The summed E-state index contributed by atoms with van der Waals surface area (Å²) < 4.78 is 13.1. The fourth-order valence-corrected chi connectivity index (χ4v) is 1.41. The normalized spacial score (nSPS) is 10.4. The molecule has 0 atom stereocenters. The van der Waals surface area contributed by atoms with Gasteiger partial charge in [-0.05, 0) is 6.07 Å². The van der Waals surface area contributed by atoms with Gasteiger partial charge in [-0.1, -0.05) is 23.7 Å². The van der Waals surface area contributed by atoms with Crippen molar-refractivity contribution in [1.29, 1.82) is 0 Å². The summed E-state index contributed by atoms with van der Waals surface area (Å²) in [5.74, 6) is -0.113. The zero-order chi connectivity index (χ0) is 10.1. The molecule has 1 aromatic carbocycles. The molecule has 2 rings (SSSR count). The summed E-state index contributed by atoms with van der Waals surface area (Å²) in [7, 11) is 0. The van der Waals surface area contributed by atoms with E-state index >= 15 is 0 Å². The maximum Gasteiger partial charge on any atom is 0.145 e. The highest BCUT2D eigenvalue weighted by atomic mass is 35.5. The van der Waals surface area contributed by atoms with Crippen molar-refractivity contribution in [1.82, 2.24) is 10.2 Å². The van der Waals surface area contributed by atoms with Gasteiger partial charge in [0.05, 0.1) is 10.7 Å². The fraction of sp³-hybridized carbons (Fsp3) is 0. The fourth-order valence-electron chi connectivity index (χ4n) is 1.19. The number of hydrogen-bond acceptors (Lipinski definition) is 2. The van der Waals surface area contributed by atoms with E-state index in [1.165, 1.54) is 6.07 Å². The minimum Gasteiger partial charge on any atom is -0.382 e. The molecule has 0 fully saturated rings. The van der Waals surface area contributed by atoms with E-state index in [1.807, 2.05) is 0 Å². The van der Waals surface area contributed by atoms with E-state index in [-0.39, 0.29) is 5.02 Å². The summed E-state index contributed by atoms with van der Waals surface area (Å²) in [4.78, 5) is 0. The van der Waals surface area contributed by atoms with Crippen LogP contribution >= 0.6 is 11.6 Å². The van der Waals surface area contributed by atoms with E-state index < -0.39 is 5.82 Å². The molecule has 0 aliphatic heterocycles. The molecule has 0 aliphatic carbocycles. The lowest BCUT2D eigenvalue weighted by atomic mass is 10.1. The Labute approximate surface area is 84.7 Å². The molecular weight excluding hydrogens is 205 g/mol. The van der Waals surface area contributed by atoms with Crippen molar-refractivity contribution in [2.24, 2.45) is 0 Å². The van der Waals surface area contributed by atoms with Gasteiger partial charge in [-0.3, -0.25) is 5.10 Å². The smallest absolute Gasteiger partial charge is 0.145 e. The Hall–Kier alpha value is -1.55. The number of rotatable bonds is 1. The van der Waals surface area contributed by atoms with E-state index in [9.17, 15) is 4.39 Å².